The summed E-state index contributed by atoms with van der Waals surface area (Å²) in [7, 11) is 0. The van der Waals surface area contributed by atoms with Crippen LogP contribution in [0.3, 0.4) is 0 Å². The molecule has 0 atom stereocenters. The average molecular weight is 535 g/mol. The Balaban J connectivity index is 1.70. The maximum absolute atomic E-state index is 12.3. The predicted octanol–water partition coefficient (Wildman–Crippen LogP) is 4.09. The Morgan fingerprint density at radius 3 is 2.43 bits per heavy atom. The zero-order chi connectivity index (χ0) is 26.2. The second-order valence-electron chi connectivity index (χ2n) is 8.85. The van der Waals surface area contributed by atoms with Gasteiger partial charge in [0.25, 0.3) is 0 Å². The van der Waals surface area contributed by atoms with Crippen molar-refractivity contribution in [1.82, 2.24) is 24.8 Å². The number of amides is 1. The number of anilines is 1. The molecule has 1 fully saturated rings. The molecule has 188 valence electrons. The number of hydrogen-bond acceptors (Lipinski definition) is 7. The monoisotopic (exact) mass is 534 g/mol. The lowest BCUT2D eigenvalue weighted by Crippen LogP contribution is -2.61. The molecular formula is C26H24Cl2N8O. The summed E-state index contributed by atoms with van der Waals surface area (Å²) >= 11 is 12.7. The number of fused-ring (bicyclic) bond motifs is 1. The van der Waals surface area contributed by atoms with Gasteiger partial charge in [0.05, 0.1) is 5.02 Å². The van der Waals surface area contributed by atoms with Gasteiger partial charge in [-0.15, -0.1) is 0 Å². The van der Waals surface area contributed by atoms with E-state index in [1.807, 2.05) is 46.7 Å². The second-order valence-corrected chi connectivity index (χ2v) is 9.69. The van der Waals surface area contributed by atoms with Gasteiger partial charge in [-0.2, -0.15) is 15.2 Å². The molecule has 11 heteroatoms. The van der Waals surface area contributed by atoms with Gasteiger partial charge in [-0.05, 0) is 55.8 Å². The number of carbonyl (C=O) groups is 1. The van der Waals surface area contributed by atoms with Crippen LogP contribution in [0.2, 0.25) is 10.0 Å². The summed E-state index contributed by atoms with van der Waals surface area (Å²) < 4.78 is 1.86. The van der Waals surface area contributed by atoms with Crippen molar-refractivity contribution >= 4 is 46.1 Å². The Kier molecular flexibility index (Phi) is 6.73. The molecule has 0 spiro atoms. The third-order valence-electron chi connectivity index (χ3n) is 6.69. The molecule has 5 rings (SSSR count). The van der Waals surface area contributed by atoms with Gasteiger partial charge in [-0.3, -0.25) is 9.36 Å². The lowest BCUT2D eigenvalue weighted by atomic mass is 9.86. The first-order valence-electron chi connectivity index (χ1n) is 11.9. The van der Waals surface area contributed by atoms with E-state index in [1.165, 1.54) is 0 Å². The summed E-state index contributed by atoms with van der Waals surface area (Å²) in [6.45, 7) is 3.58. The molecule has 4 aromatic rings. The fraction of sp³-hybridized carbons (Fsp3) is 0.269. The average Bonchev–Trinajstić information content (AvgIpc) is 3.28. The minimum Gasteiger partial charge on any atom is -0.368 e. The fourth-order valence-corrected chi connectivity index (χ4v) is 5.17. The molecular weight excluding hydrogens is 511 g/mol. The normalized spacial score (nSPS) is 15.0. The fourth-order valence-electron chi connectivity index (χ4n) is 4.82. The molecule has 1 saturated heterocycles. The first-order valence-corrected chi connectivity index (χ1v) is 12.6. The quantitative estimate of drug-likeness (QED) is 0.381. The summed E-state index contributed by atoms with van der Waals surface area (Å²) in [6, 6.07) is 16.8. The van der Waals surface area contributed by atoms with Gasteiger partial charge in [0.1, 0.15) is 17.4 Å². The minimum atomic E-state index is -0.777. The summed E-state index contributed by atoms with van der Waals surface area (Å²) in [5, 5.41) is 14.2. The highest BCUT2D eigenvalue weighted by Crippen LogP contribution is 2.36. The number of nitrogens with zero attached hydrogens (tertiary/aromatic N) is 6. The van der Waals surface area contributed by atoms with Gasteiger partial charge in [0, 0.05) is 29.4 Å². The van der Waals surface area contributed by atoms with Crippen molar-refractivity contribution < 1.29 is 4.79 Å². The van der Waals surface area contributed by atoms with Crippen molar-refractivity contribution in [3.8, 4) is 23.1 Å². The van der Waals surface area contributed by atoms with Gasteiger partial charge in [0.2, 0.25) is 11.7 Å². The van der Waals surface area contributed by atoms with Crippen LogP contribution in [-0.2, 0) is 4.79 Å². The number of rotatable bonds is 6. The lowest BCUT2D eigenvalue weighted by molar-refractivity contribution is -0.125. The number of aromatic nitrogens is 4. The summed E-state index contributed by atoms with van der Waals surface area (Å²) in [4.78, 5) is 28.4. The molecule has 37 heavy (non-hydrogen) atoms. The van der Waals surface area contributed by atoms with Crippen LogP contribution in [0, 0.1) is 11.3 Å². The van der Waals surface area contributed by atoms with Gasteiger partial charge in [-0.1, -0.05) is 42.3 Å². The molecule has 3 heterocycles. The minimum absolute atomic E-state index is 0.0155. The maximum Gasteiger partial charge on any atom is 0.237 e. The van der Waals surface area contributed by atoms with Gasteiger partial charge < -0.3 is 16.0 Å². The number of nitriles is 1. The van der Waals surface area contributed by atoms with Crippen LogP contribution >= 0.6 is 23.2 Å². The van der Waals surface area contributed by atoms with Crippen molar-refractivity contribution in [3.63, 3.8) is 0 Å². The second kappa shape index (κ2) is 9.98. The molecule has 0 radical (unpaired) electrons. The third-order valence-corrected chi connectivity index (χ3v) is 7.27. The van der Waals surface area contributed by atoms with Gasteiger partial charge >= 0.3 is 0 Å². The number of nitrogens with one attached hydrogen (secondary N) is 1. The van der Waals surface area contributed by atoms with Crippen molar-refractivity contribution in [1.29, 1.82) is 5.26 Å². The van der Waals surface area contributed by atoms with Crippen molar-refractivity contribution in [3.05, 3.63) is 64.4 Å². The molecule has 1 aliphatic heterocycles. The van der Waals surface area contributed by atoms with Crippen LogP contribution in [0.5, 0.6) is 0 Å². The molecule has 3 N–H and O–H groups in total. The van der Waals surface area contributed by atoms with E-state index in [2.05, 4.69) is 21.4 Å². The number of halogens is 2. The van der Waals surface area contributed by atoms with E-state index in [0.29, 0.717) is 70.9 Å². The van der Waals surface area contributed by atoms with E-state index in [4.69, 9.17) is 33.9 Å². The molecule has 1 amide bonds. The van der Waals surface area contributed by atoms with Crippen LogP contribution in [0.1, 0.15) is 25.6 Å². The van der Waals surface area contributed by atoms with E-state index in [-0.39, 0.29) is 11.7 Å². The van der Waals surface area contributed by atoms with Crippen LogP contribution in [0.25, 0.3) is 28.2 Å². The highest BCUT2D eigenvalue weighted by atomic mass is 35.5. The van der Waals surface area contributed by atoms with E-state index < -0.39 is 5.54 Å². The Morgan fingerprint density at radius 2 is 1.81 bits per heavy atom. The first-order chi connectivity index (χ1) is 17.9. The van der Waals surface area contributed by atoms with Crippen LogP contribution < -0.4 is 16.0 Å². The van der Waals surface area contributed by atoms with E-state index in [0.717, 1.165) is 5.69 Å². The molecule has 2 aromatic carbocycles. The zero-order valence-electron chi connectivity index (χ0n) is 20.1. The smallest absolute Gasteiger partial charge is 0.237 e. The molecule has 9 nitrogen and oxygen atoms in total. The Labute approximate surface area is 223 Å². The summed E-state index contributed by atoms with van der Waals surface area (Å²) in [5.74, 6) is 0.733. The van der Waals surface area contributed by atoms with Crippen molar-refractivity contribution in [2.24, 2.45) is 5.73 Å². The largest absolute Gasteiger partial charge is 0.368 e. The predicted molar refractivity (Wildman–Crippen MR) is 144 cm³/mol. The summed E-state index contributed by atoms with van der Waals surface area (Å²) in [5.41, 5.74) is 7.45. The summed E-state index contributed by atoms with van der Waals surface area (Å²) in [6.07, 6.45) is 0.998. The molecule has 2 aromatic heterocycles. The number of carbonyl (C=O) groups excluding carboxylic acids is 1. The van der Waals surface area contributed by atoms with Gasteiger partial charge in [0.15, 0.2) is 17.0 Å². The Hall–Kier alpha value is -3.71. The number of nitrogens with two attached hydrogens (primary N) is 1. The van der Waals surface area contributed by atoms with E-state index in [1.54, 1.807) is 18.2 Å². The SMILES string of the molecule is CCNC1(C(N)=O)CCN(c2nc(C#N)nc3c2nc(-c2ccccc2Cl)n3-c2ccc(Cl)cc2)CC1. The lowest BCUT2D eigenvalue weighted by Gasteiger charge is -2.40. The number of piperidine rings is 1. The molecule has 0 unspecified atom stereocenters. The number of benzene rings is 2. The Bertz CT molecular complexity index is 1520. The maximum atomic E-state index is 12.3. The topological polar surface area (TPSA) is 126 Å². The van der Waals surface area contributed by atoms with E-state index in [9.17, 15) is 10.1 Å². The highest BCUT2D eigenvalue weighted by molar-refractivity contribution is 6.33. The number of hydrogen-bond donors (Lipinski definition) is 2. The van der Waals surface area contributed by atoms with Crippen LogP contribution in [-0.4, -0.2) is 50.6 Å². The standard InChI is InChI=1S/C26H24Cl2N8O/c1-2-31-26(25(30)37)11-13-35(14-12-26)23-21-24(33-20(15-29)32-23)36(17-9-7-16(27)8-10-17)22(34-21)18-5-3-4-6-19(18)28/h3-10,31H,2,11-14H2,1H3,(H2,30,37). The van der Waals surface area contributed by atoms with Crippen LogP contribution in [0.4, 0.5) is 5.82 Å². The number of likely N-dealkylation sites (N-methyl/N-ethyl adjacent to an activating group) is 1. The molecule has 0 aliphatic carbocycles. The third kappa shape index (κ3) is 4.48. The highest BCUT2D eigenvalue weighted by Gasteiger charge is 2.40. The van der Waals surface area contributed by atoms with E-state index >= 15 is 0 Å². The molecule has 0 bridgehead atoms. The first kappa shape index (κ1) is 25.0. The number of primary amides is 1. The zero-order valence-corrected chi connectivity index (χ0v) is 21.6. The molecule has 1 aliphatic rings. The van der Waals surface area contributed by atoms with Crippen molar-refractivity contribution in [2.75, 3.05) is 24.5 Å². The van der Waals surface area contributed by atoms with Gasteiger partial charge in [-0.25, -0.2) is 4.98 Å². The molecule has 0 saturated carbocycles. The Morgan fingerprint density at radius 1 is 1.11 bits per heavy atom. The number of imidazole rings is 1. The van der Waals surface area contributed by atoms with Crippen LogP contribution in [0.15, 0.2) is 48.5 Å². The van der Waals surface area contributed by atoms with Crippen molar-refractivity contribution in [2.45, 2.75) is 25.3 Å².